The molecule has 0 saturated heterocycles. The number of benzene rings is 2. The Morgan fingerprint density at radius 2 is 1.93 bits per heavy atom. The maximum Gasteiger partial charge on any atom is 0.154 e. The molecule has 5 heteroatoms. The fourth-order valence-corrected chi connectivity index (χ4v) is 5.38. The minimum absolute atomic E-state index is 0.0105. The number of nitrogens with two attached hydrogens (primary N) is 1. The predicted octanol–water partition coefficient (Wildman–Crippen LogP) is 4.92. The summed E-state index contributed by atoms with van der Waals surface area (Å²) in [5.74, 6) is 0.940. The topological polar surface area (TPSA) is 60.5 Å². The average molecular weight is 388 g/mol. The molecule has 0 saturated carbocycles. The summed E-state index contributed by atoms with van der Waals surface area (Å²) in [5.41, 5.74) is 10.9. The molecule has 3 heterocycles. The number of aliphatic imine (C=N–C) groups is 1. The number of ether oxygens (including phenoxy) is 1. The van der Waals surface area contributed by atoms with Gasteiger partial charge in [-0.05, 0) is 35.7 Å². The summed E-state index contributed by atoms with van der Waals surface area (Å²) >= 11 is 1.69. The van der Waals surface area contributed by atoms with Crippen LogP contribution in [0.4, 0.5) is 0 Å². The summed E-state index contributed by atoms with van der Waals surface area (Å²) in [6, 6.07) is 20.9. The minimum atomic E-state index is -0.127. The smallest absolute Gasteiger partial charge is 0.154 e. The first-order chi connectivity index (χ1) is 13.7. The fourth-order valence-electron chi connectivity index (χ4n) is 4.12. The molecule has 0 fully saturated rings. The molecule has 2 atom stereocenters. The molecule has 0 radical (unpaired) electrons. The summed E-state index contributed by atoms with van der Waals surface area (Å²) in [6.45, 7) is 0.747. The standard InChI is InChI=1S/C23H21N3OS/c24-22-26-12-10-23(28-22)14-21(16-5-2-1-3-6-16)27-20-9-8-17(13-19(20)23)18-7-4-11-25-15-18/h1-9,11,13,15,21H,10,12,14H2,(H2,24,26). The van der Waals surface area contributed by atoms with Crippen LogP contribution in [0.1, 0.15) is 30.1 Å². The van der Waals surface area contributed by atoms with Crippen LogP contribution in [0.3, 0.4) is 0 Å². The van der Waals surface area contributed by atoms with Crippen LogP contribution < -0.4 is 10.5 Å². The molecule has 4 nitrogen and oxygen atoms in total. The highest BCUT2D eigenvalue weighted by Crippen LogP contribution is 2.55. The van der Waals surface area contributed by atoms with Gasteiger partial charge < -0.3 is 10.5 Å². The highest BCUT2D eigenvalue weighted by Gasteiger charge is 2.45. The SMILES string of the molecule is NC1=NCCC2(CC(c3ccccc3)Oc3ccc(-c4cccnc4)cc32)S1. The van der Waals surface area contributed by atoms with Gasteiger partial charge in [0.1, 0.15) is 11.9 Å². The van der Waals surface area contributed by atoms with E-state index in [-0.39, 0.29) is 10.9 Å². The number of fused-ring (bicyclic) bond motifs is 2. The fraction of sp³-hybridized carbons (Fsp3) is 0.217. The quantitative estimate of drug-likeness (QED) is 0.678. The molecule has 2 N–H and O–H groups in total. The Morgan fingerprint density at radius 3 is 2.71 bits per heavy atom. The van der Waals surface area contributed by atoms with E-state index in [4.69, 9.17) is 10.5 Å². The molecule has 1 aromatic heterocycles. The first-order valence-electron chi connectivity index (χ1n) is 9.49. The van der Waals surface area contributed by atoms with Crippen LogP contribution in [0.25, 0.3) is 11.1 Å². The third-order valence-electron chi connectivity index (χ3n) is 5.50. The van der Waals surface area contributed by atoms with Gasteiger partial charge >= 0.3 is 0 Å². The lowest BCUT2D eigenvalue weighted by Crippen LogP contribution is -2.37. The van der Waals surface area contributed by atoms with Crippen molar-refractivity contribution in [3.63, 3.8) is 0 Å². The highest BCUT2D eigenvalue weighted by atomic mass is 32.2. The Balaban J connectivity index is 1.62. The van der Waals surface area contributed by atoms with E-state index in [2.05, 4.69) is 58.5 Å². The Bertz CT molecular complexity index is 1020. The summed E-state index contributed by atoms with van der Waals surface area (Å²) in [6.07, 6.45) is 5.53. The third-order valence-corrected chi connectivity index (χ3v) is 6.82. The monoisotopic (exact) mass is 387 g/mol. The van der Waals surface area contributed by atoms with Crippen molar-refractivity contribution >= 4 is 16.9 Å². The Morgan fingerprint density at radius 1 is 1.04 bits per heavy atom. The van der Waals surface area contributed by atoms with E-state index >= 15 is 0 Å². The number of hydrogen-bond acceptors (Lipinski definition) is 5. The molecule has 0 bridgehead atoms. The molecule has 2 aliphatic rings. The lowest BCUT2D eigenvalue weighted by Gasteiger charge is -2.43. The predicted molar refractivity (Wildman–Crippen MR) is 114 cm³/mol. The Kier molecular flexibility index (Phi) is 4.32. The maximum absolute atomic E-state index is 6.46. The van der Waals surface area contributed by atoms with E-state index in [9.17, 15) is 0 Å². The van der Waals surface area contributed by atoms with Crippen LogP contribution in [0.2, 0.25) is 0 Å². The third kappa shape index (κ3) is 3.06. The van der Waals surface area contributed by atoms with E-state index in [1.807, 2.05) is 18.3 Å². The molecule has 140 valence electrons. The molecule has 3 aromatic rings. The maximum atomic E-state index is 6.46. The Labute approximate surface area is 168 Å². The van der Waals surface area contributed by atoms with Crippen molar-refractivity contribution in [2.75, 3.05) is 6.54 Å². The van der Waals surface area contributed by atoms with Crippen LogP contribution in [0.15, 0.2) is 78.0 Å². The summed E-state index contributed by atoms with van der Waals surface area (Å²) in [5, 5.41) is 0.665. The molecular weight excluding hydrogens is 366 g/mol. The summed E-state index contributed by atoms with van der Waals surface area (Å²) in [4.78, 5) is 8.70. The average Bonchev–Trinajstić information content (AvgIpc) is 2.75. The van der Waals surface area contributed by atoms with Crippen LogP contribution in [-0.4, -0.2) is 16.7 Å². The molecule has 28 heavy (non-hydrogen) atoms. The van der Waals surface area contributed by atoms with E-state index in [0.29, 0.717) is 5.17 Å². The zero-order valence-corrected chi connectivity index (χ0v) is 16.2. The molecule has 0 amide bonds. The van der Waals surface area contributed by atoms with Crippen molar-refractivity contribution in [3.05, 3.63) is 84.2 Å². The number of aromatic nitrogens is 1. The number of nitrogens with zero attached hydrogens (tertiary/aromatic N) is 2. The molecular formula is C23H21N3OS. The number of thioether (sulfide) groups is 1. The second kappa shape index (κ2) is 6.99. The number of amidine groups is 1. The first-order valence-corrected chi connectivity index (χ1v) is 10.3. The van der Waals surface area contributed by atoms with Crippen LogP contribution in [0, 0.1) is 0 Å². The number of hydrogen-bond donors (Lipinski definition) is 1. The number of rotatable bonds is 2. The van der Waals surface area contributed by atoms with Gasteiger partial charge in [0.2, 0.25) is 0 Å². The summed E-state index contributed by atoms with van der Waals surface area (Å²) in [7, 11) is 0. The van der Waals surface area contributed by atoms with Crippen molar-refractivity contribution in [3.8, 4) is 16.9 Å². The van der Waals surface area contributed by atoms with Gasteiger partial charge in [-0.2, -0.15) is 0 Å². The summed E-state index contributed by atoms with van der Waals surface area (Å²) < 4.78 is 6.34. The van der Waals surface area contributed by atoms with Gasteiger partial charge in [0.05, 0.1) is 4.75 Å². The van der Waals surface area contributed by atoms with Crippen molar-refractivity contribution in [2.45, 2.75) is 23.7 Å². The van der Waals surface area contributed by atoms with Crippen molar-refractivity contribution in [1.82, 2.24) is 4.98 Å². The molecule has 0 aliphatic carbocycles. The normalized spacial score (nSPS) is 23.6. The van der Waals surface area contributed by atoms with E-state index < -0.39 is 0 Å². The molecule has 1 spiro atoms. The molecule has 2 unspecified atom stereocenters. The van der Waals surface area contributed by atoms with Crippen LogP contribution >= 0.6 is 11.8 Å². The van der Waals surface area contributed by atoms with Gasteiger partial charge in [-0.25, -0.2) is 0 Å². The largest absolute Gasteiger partial charge is 0.485 e. The van der Waals surface area contributed by atoms with Gasteiger partial charge in [-0.15, -0.1) is 0 Å². The first kappa shape index (κ1) is 17.3. The lowest BCUT2D eigenvalue weighted by atomic mass is 9.83. The molecule has 2 aliphatic heterocycles. The van der Waals surface area contributed by atoms with Gasteiger partial charge in [0.25, 0.3) is 0 Å². The van der Waals surface area contributed by atoms with E-state index in [1.165, 1.54) is 11.1 Å². The lowest BCUT2D eigenvalue weighted by molar-refractivity contribution is 0.149. The van der Waals surface area contributed by atoms with E-state index in [0.717, 1.165) is 36.3 Å². The minimum Gasteiger partial charge on any atom is -0.485 e. The van der Waals surface area contributed by atoms with Gasteiger partial charge in [-0.3, -0.25) is 9.98 Å². The molecule has 2 aromatic carbocycles. The zero-order chi connectivity index (χ0) is 19.0. The Hall–Kier alpha value is -2.79. The van der Waals surface area contributed by atoms with Crippen LogP contribution in [-0.2, 0) is 4.75 Å². The van der Waals surface area contributed by atoms with Gasteiger partial charge in [-0.1, -0.05) is 54.2 Å². The molecule has 5 rings (SSSR count). The zero-order valence-electron chi connectivity index (χ0n) is 15.4. The van der Waals surface area contributed by atoms with E-state index in [1.54, 1.807) is 18.0 Å². The van der Waals surface area contributed by atoms with Gasteiger partial charge in [0.15, 0.2) is 5.17 Å². The number of pyridine rings is 1. The second-order valence-electron chi connectivity index (χ2n) is 7.24. The second-order valence-corrected chi connectivity index (χ2v) is 8.64. The van der Waals surface area contributed by atoms with Crippen molar-refractivity contribution < 1.29 is 4.74 Å². The van der Waals surface area contributed by atoms with Crippen molar-refractivity contribution in [2.24, 2.45) is 10.7 Å². The van der Waals surface area contributed by atoms with Crippen molar-refractivity contribution in [1.29, 1.82) is 0 Å². The van der Waals surface area contributed by atoms with Gasteiger partial charge in [0, 0.05) is 36.5 Å². The highest BCUT2D eigenvalue weighted by molar-refractivity contribution is 8.14. The van der Waals surface area contributed by atoms with Crippen LogP contribution in [0.5, 0.6) is 5.75 Å².